The van der Waals surface area contributed by atoms with Crippen molar-refractivity contribution >= 4 is 27.7 Å². The molecule has 0 radical (unpaired) electrons. The molecule has 1 rings (SSSR count). The summed E-state index contributed by atoms with van der Waals surface area (Å²) < 4.78 is 1.16. The van der Waals surface area contributed by atoms with Gasteiger partial charge in [-0.2, -0.15) is 0 Å². The Kier molecular flexibility index (Phi) is 6.32. The minimum Gasteiger partial charge on any atom is -0.316 e. The fourth-order valence-electron chi connectivity index (χ4n) is 1.10. The minimum atomic E-state index is 1.09. The van der Waals surface area contributed by atoms with Crippen molar-refractivity contribution in [1.82, 2.24) is 5.32 Å². The van der Waals surface area contributed by atoms with Gasteiger partial charge < -0.3 is 5.32 Å². The van der Waals surface area contributed by atoms with Crippen LogP contribution in [0.2, 0.25) is 0 Å². The van der Waals surface area contributed by atoms with E-state index in [1.807, 2.05) is 11.8 Å². The summed E-state index contributed by atoms with van der Waals surface area (Å²) in [5, 5.41) is 3.39. The first kappa shape index (κ1) is 12.1. The van der Waals surface area contributed by atoms with Gasteiger partial charge in [-0.15, -0.1) is 11.8 Å². The second-order valence-corrected chi connectivity index (χ2v) is 5.14. The molecule has 14 heavy (non-hydrogen) atoms. The molecule has 0 amide bonds. The number of thioether (sulfide) groups is 1. The van der Waals surface area contributed by atoms with Crippen LogP contribution in [-0.2, 0) is 0 Å². The van der Waals surface area contributed by atoms with Gasteiger partial charge in [0.15, 0.2) is 0 Å². The van der Waals surface area contributed by atoms with Crippen LogP contribution in [0.25, 0.3) is 0 Å². The number of nitrogens with one attached hydrogen (secondary N) is 1. The summed E-state index contributed by atoms with van der Waals surface area (Å²) in [5.41, 5.74) is 0. The van der Waals surface area contributed by atoms with E-state index in [1.165, 1.54) is 11.3 Å². The lowest BCUT2D eigenvalue weighted by Crippen LogP contribution is -2.17. The highest BCUT2D eigenvalue weighted by Gasteiger charge is 1.94. The molecule has 0 saturated carbocycles. The lowest BCUT2D eigenvalue weighted by molar-refractivity contribution is 0.707. The van der Waals surface area contributed by atoms with Crippen molar-refractivity contribution in [3.05, 3.63) is 28.7 Å². The summed E-state index contributed by atoms with van der Waals surface area (Å²) in [6, 6.07) is 8.44. The highest BCUT2D eigenvalue weighted by atomic mass is 79.9. The zero-order valence-corrected chi connectivity index (χ0v) is 10.8. The predicted octanol–water partition coefficient (Wildman–Crippen LogP) is 3.54. The summed E-state index contributed by atoms with van der Waals surface area (Å²) in [7, 11) is 0. The Hall–Kier alpha value is 0.01000. The predicted molar refractivity (Wildman–Crippen MR) is 68.0 cm³/mol. The van der Waals surface area contributed by atoms with Gasteiger partial charge in [-0.1, -0.05) is 28.9 Å². The first-order chi connectivity index (χ1) is 6.83. The van der Waals surface area contributed by atoms with Gasteiger partial charge in [-0.05, 0) is 31.2 Å². The lowest BCUT2D eigenvalue weighted by atomic mass is 10.4. The van der Waals surface area contributed by atoms with E-state index in [1.54, 1.807) is 0 Å². The van der Waals surface area contributed by atoms with E-state index in [2.05, 4.69) is 52.4 Å². The van der Waals surface area contributed by atoms with Crippen molar-refractivity contribution < 1.29 is 0 Å². The standard InChI is InChI=1S/C11H16BrNS/c1-2-6-13-7-8-14-11-5-3-4-10(12)9-11/h3-5,9,13H,2,6-8H2,1H3. The number of rotatable bonds is 6. The van der Waals surface area contributed by atoms with Crippen molar-refractivity contribution in [2.75, 3.05) is 18.8 Å². The summed E-state index contributed by atoms with van der Waals surface area (Å²) in [6.07, 6.45) is 1.21. The highest BCUT2D eigenvalue weighted by molar-refractivity contribution is 9.10. The van der Waals surface area contributed by atoms with Gasteiger partial charge in [0.2, 0.25) is 0 Å². The van der Waals surface area contributed by atoms with Crippen molar-refractivity contribution in [2.45, 2.75) is 18.2 Å². The topological polar surface area (TPSA) is 12.0 Å². The first-order valence-electron chi connectivity index (χ1n) is 4.92. The molecule has 3 heteroatoms. The maximum atomic E-state index is 3.47. The van der Waals surface area contributed by atoms with Crippen LogP contribution in [0.15, 0.2) is 33.6 Å². The second-order valence-electron chi connectivity index (χ2n) is 3.06. The van der Waals surface area contributed by atoms with Crippen molar-refractivity contribution in [3.8, 4) is 0 Å². The van der Waals surface area contributed by atoms with Crippen LogP contribution in [0.5, 0.6) is 0 Å². The molecule has 0 aliphatic heterocycles. The quantitative estimate of drug-likeness (QED) is 0.629. The van der Waals surface area contributed by atoms with Gasteiger partial charge in [0.25, 0.3) is 0 Å². The van der Waals surface area contributed by atoms with Gasteiger partial charge in [0.1, 0.15) is 0 Å². The summed E-state index contributed by atoms with van der Waals surface area (Å²) >= 11 is 5.36. The van der Waals surface area contributed by atoms with E-state index in [4.69, 9.17) is 0 Å². The molecule has 0 spiro atoms. The average Bonchev–Trinajstić information content (AvgIpc) is 2.18. The van der Waals surface area contributed by atoms with Crippen LogP contribution < -0.4 is 5.32 Å². The molecule has 1 aromatic rings. The largest absolute Gasteiger partial charge is 0.316 e. The molecule has 1 N–H and O–H groups in total. The van der Waals surface area contributed by atoms with Crippen LogP contribution in [0.3, 0.4) is 0 Å². The van der Waals surface area contributed by atoms with Gasteiger partial charge >= 0.3 is 0 Å². The van der Waals surface area contributed by atoms with Crippen LogP contribution in [-0.4, -0.2) is 18.8 Å². The molecular formula is C11H16BrNS. The average molecular weight is 274 g/mol. The number of benzene rings is 1. The monoisotopic (exact) mass is 273 g/mol. The van der Waals surface area contributed by atoms with Crippen LogP contribution in [0.1, 0.15) is 13.3 Å². The van der Waals surface area contributed by atoms with Gasteiger partial charge in [0.05, 0.1) is 0 Å². The van der Waals surface area contributed by atoms with E-state index in [0.717, 1.165) is 23.3 Å². The third-order valence-electron chi connectivity index (χ3n) is 1.77. The molecule has 0 fully saturated rings. The van der Waals surface area contributed by atoms with Crippen LogP contribution in [0, 0.1) is 0 Å². The molecule has 0 atom stereocenters. The molecular weight excluding hydrogens is 258 g/mol. The normalized spacial score (nSPS) is 10.4. The zero-order chi connectivity index (χ0) is 10.2. The van der Waals surface area contributed by atoms with Gasteiger partial charge in [-0.3, -0.25) is 0 Å². The molecule has 1 nitrogen and oxygen atoms in total. The summed E-state index contributed by atoms with van der Waals surface area (Å²) in [6.45, 7) is 4.40. The summed E-state index contributed by atoms with van der Waals surface area (Å²) in [4.78, 5) is 1.33. The van der Waals surface area contributed by atoms with E-state index < -0.39 is 0 Å². The molecule has 0 saturated heterocycles. The maximum absolute atomic E-state index is 3.47. The molecule has 0 aliphatic carbocycles. The Morgan fingerprint density at radius 2 is 2.21 bits per heavy atom. The van der Waals surface area contributed by atoms with Crippen molar-refractivity contribution in [1.29, 1.82) is 0 Å². The van der Waals surface area contributed by atoms with Crippen molar-refractivity contribution in [2.24, 2.45) is 0 Å². The molecule has 0 heterocycles. The highest BCUT2D eigenvalue weighted by Crippen LogP contribution is 2.21. The Morgan fingerprint density at radius 3 is 2.93 bits per heavy atom. The van der Waals surface area contributed by atoms with E-state index in [-0.39, 0.29) is 0 Å². The Morgan fingerprint density at radius 1 is 1.36 bits per heavy atom. The molecule has 0 unspecified atom stereocenters. The van der Waals surface area contributed by atoms with E-state index >= 15 is 0 Å². The van der Waals surface area contributed by atoms with E-state index in [9.17, 15) is 0 Å². The van der Waals surface area contributed by atoms with E-state index in [0.29, 0.717) is 0 Å². The third-order valence-corrected chi connectivity index (χ3v) is 3.26. The molecule has 0 aromatic heterocycles. The fourth-order valence-corrected chi connectivity index (χ4v) is 2.52. The second kappa shape index (κ2) is 7.32. The Labute approximate surface area is 98.8 Å². The maximum Gasteiger partial charge on any atom is 0.0186 e. The molecule has 78 valence electrons. The first-order valence-corrected chi connectivity index (χ1v) is 6.70. The summed E-state index contributed by atoms with van der Waals surface area (Å²) in [5.74, 6) is 1.14. The molecule has 1 aromatic carbocycles. The third kappa shape index (κ3) is 5.03. The Bertz CT molecular complexity index is 265. The minimum absolute atomic E-state index is 1.09. The SMILES string of the molecule is CCCNCCSc1cccc(Br)c1. The Balaban J connectivity index is 2.18. The van der Waals surface area contributed by atoms with Crippen LogP contribution in [0.4, 0.5) is 0 Å². The number of hydrogen-bond donors (Lipinski definition) is 1. The molecule has 0 aliphatic rings. The smallest absolute Gasteiger partial charge is 0.0186 e. The fraction of sp³-hybridized carbons (Fsp3) is 0.455. The lowest BCUT2D eigenvalue weighted by Gasteiger charge is -2.03. The van der Waals surface area contributed by atoms with Crippen LogP contribution >= 0.6 is 27.7 Å². The molecule has 0 bridgehead atoms. The van der Waals surface area contributed by atoms with Gasteiger partial charge in [-0.25, -0.2) is 0 Å². The van der Waals surface area contributed by atoms with Crippen molar-refractivity contribution in [3.63, 3.8) is 0 Å². The van der Waals surface area contributed by atoms with Gasteiger partial charge in [0, 0.05) is 21.7 Å². The number of halogens is 1. The number of hydrogen-bond acceptors (Lipinski definition) is 2. The zero-order valence-electron chi connectivity index (χ0n) is 8.42.